The summed E-state index contributed by atoms with van der Waals surface area (Å²) in [6.07, 6.45) is 1.61. The van der Waals surface area contributed by atoms with Crippen LogP contribution in [0.4, 0.5) is 0 Å². The first kappa shape index (κ1) is 10.9. The van der Waals surface area contributed by atoms with E-state index in [9.17, 15) is 4.79 Å². The number of aromatic carboxylic acids is 1. The average molecular weight is 263 g/mol. The number of pyridine rings is 1. The molecular formula is C12H7ClN2O3. The first-order chi connectivity index (χ1) is 8.65. The van der Waals surface area contributed by atoms with E-state index in [1.807, 2.05) is 0 Å². The molecule has 0 spiro atoms. The molecule has 0 saturated carbocycles. The Morgan fingerprint density at radius 2 is 2.17 bits per heavy atom. The van der Waals surface area contributed by atoms with Crippen LogP contribution in [0.5, 0.6) is 0 Å². The van der Waals surface area contributed by atoms with Crippen molar-refractivity contribution >= 4 is 23.2 Å². The number of fused-ring (bicyclic) bond motifs is 1. The molecule has 3 aromatic heterocycles. The third kappa shape index (κ3) is 1.65. The van der Waals surface area contributed by atoms with Gasteiger partial charge in [-0.2, -0.15) is 0 Å². The quantitative estimate of drug-likeness (QED) is 0.771. The summed E-state index contributed by atoms with van der Waals surface area (Å²) in [5.74, 6) is -0.512. The third-order valence-corrected chi connectivity index (χ3v) is 2.74. The average Bonchev–Trinajstić information content (AvgIpc) is 2.93. The van der Waals surface area contributed by atoms with Crippen molar-refractivity contribution in [2.24, 2.45) is 0 Å². The zero-order valence-electron chi connectivity index (χ0n) is 9.00. The Hall–Kier alpha value is -2.27. The van der Waals surface area contributed by atoms with Crippen molar-refractivity contribution in [3.05, 3.63) is 47.4 Å². The molecule has 0 aliphatic rings. The van der Waals surface area contributed by atoms with E-state index in [2.05, 4.69) is 4.98 Å². The van der Waals surface area contributed by atoms with Gasteiger partial charge in [-0.1, -0.05) is 6.07 Å². The molecule has 0 aliphatic heterocycles. The van der Waals surface area contributed by atoms with E-state index < -0.39 is 5.97 Å². The van der Waals surface area contributed by atoms with Gasteiger partial charge in [0.15, 0.2) is 11.0 Å². The lowest BCUT2D eigenvalue weighted by Gasteiger charge is -1.97. The van der Waals surface area contributed by atoms with Crippen LogP contribution >= 0.6 is 11.6 Å². The van der Waals surface area contributed by atoms with Gasteiger partial charge in [-0.15, -0.1) is 0 Å². The summed E-state index contributed by atoms with van der Waals surface area (Å²) in [6, 6.07) is 8.17. The largest absolute Gasteiger partial charge is 0.477 e. The van der Waals surface area contributed by atoms with Crippen LogP contribution in [-0.2, 0) is 0 Å². The Morgan fingerprint density at radius 1 is 1.33 bits per heavy atom. The van der Waals surface area contributed by atoms with E-state index in [4.69, 9.17) is 21.1 Å². The maximum atomic E-state index is 11.1. The van der Waals surface area contributed by atoms with Crippen molar-refractivity contribution < 1.29 is 14.3 Å². The minimum Gasteiger partial charge on any atom is -0.477 e. The molecule has 6 heteroatoms. The molecular weight excluding hydrogens is 256 g/mol. The predicted molar refractivity (Wildman–Crippen MR) is 64.9 cm³/mol. The molecule has 3 rings (SSSR count). The molecule has 0 aliphatic carbocycles. The number of carboxylic acid groups (broad SMARTS) is 1. The van der Waals surface area contributed by atoms with Crippen molar-refractivity contribution in [1.82, 2.24) is 9.38 Å². The fourth-order valence-electron chi connectivity index (χ4n) is 1.76. The normalized spacial score (nSPS) is 10.9. The number of furan rings is 1. The standard InChI is InChI=1S/C12H7ClN2O3/c13-10-5-4-9(18-10)7-6-15-8(12(16)17)2-1-3-11(15)14-7/h1-6H,(H,16,17). The van der Waals surface area contributed by atoms with Gasteiger partial charge in [-0.05, 0) is 35.9 Å². The van der Waals surface area contributed by atoms with Crippen LogP contribution in [0, 0.1) is 0 Å². The summed E-state index contributed by atoms with van der Waals surface area (Å²) in [4.78, 5) is 15.4. The Labute approximate surface area is 106 Å². The summed E-state index contributed by atoms with van der Waals surface area (Å²) in [7, 11) is 0. The Bertz CT molecular complexity index is 745. The molecule has 3 aromatic rings. The van der Waals surface area contributed by atoms with Gasteiger partial charge in [0.05, 0.1) is 0 Å². The molecule has 90 valence electrons. The van der Waals surface area contributed by atoms with Crippen LogP contribution in [0.1, 0.15) is 10.5 Å². The predicted octanol–water partition coefficient (Wildman–Crippen LogP) is 2.95. The molecule has 1 N–H and O–H groups in total. The second-order valence-electron chi connectivity index (χ2n) is 3.67. The molecule has 0 unspecified atom stereocenters. The lowest BCUT2D eigenvalue weighted by molar-refractivity contribution is 0.0689. The van der Waals surface area contributed by atoms with Crippen LogP contribution in [0.2, 0.25) is 5.22 Å². The molecule has 3 heterocycles. The van der Waals surface area contributed by atoms with Crippen molar-refractivity contribution in [2.45, 2.75) is 0 Å². The Balaban J connectivity index is 2.22. The van der Waals surface area contributed by atoms with Gasteiger partial charge in [0.2, 0.25) is 0 Å². The van der Waals surface area contributed by atoms with Crippen molar-refractivity contribution in [2.75, 3.05) is 0 Å². The SMILES string of the molecule is O=C(O)c1cccc2nc(-c3ccc(Cl)o3)cn12. The highest BCUT2D eigenvalue weighted by Gasteiger charge is 2.13. The van der Waals surface area contributed by atoms with Crippen molar-refractivity contribution in [1.29, 1.82) is 0 Å². The second-order valence-corrected chi connectivity index (χ2v) is 4.05. The lowest BCUT2D eigenvalue weighted by Crippen LogP contribution is -2.03. The molecule has 5 nitrogen and oxygen atoms in total. The summed E-state index contributed by atoms with van der Waals surface area (Å²) in [5.41, 5.74) is 1.22. The fourth-order valence-corrected chi connectivity index (χ4v) is 1.90. The summed E-state index contributed by atoms with van der Waals surface area (Å²) in [6.45, 7) is 0. The molecule has 0 amide bonds. The molecule has 0 aromatic carbocycles. The number of carbonyl (C=O) groups is 1. The monoisotopic (exact) mass is 262 g/mol. The molecule has 0 saturated heterocycles. The van der Waals surface area contributed by atoms with Crippen LogP contribution in [-0.4, -0.2) is 20.5 Å². The van der Waals surface area contributed by atoms with E-state index in [1.54, 1.807) is 30.5 Å². The summed E-state index contributed by atoms with van der Waals surface area (Å²) < 4.78 is 6.74. The van der Waals surface area contributed by atoms with Gasteiger partial charge in [0.1, 0.15) is 17.0 Å². The van der Waals surface area contributed by atoms with E-state index in [1.165, 1.54) is 10.5 Å². The molecule has 18 heavy (non-hydrogen) atoms. The summed E-state index contributed by atoms with van der Waals surface area (Å²) in [5, 5.41) is 9.34. The number of hydrogen-bond acceptors (Lipinski definition) is 3. The summed E-state index contributed by atoms with van der Waals surface area (Å²) >= 11 is 5.70. The van der Waals surface area contributed by atoms with Crippen LogP contribution < -0.4 is 0 Å². The maximum absolute atomic E-state index is 11.1. The van der Waals surface area contributed by atoms with Gasteiger partial charge in [-0.3, -0.25) is 4.40 Å². The Morgan fingerprint density at radius 3 is 2.83 bits per heavy atom. The fraction of sp³-hybridized carbons (Fsp3) is 0. The molecule has 0 atom stereocenters. The molecule has 0 fully saturated rings. The van der Waals surface area contributed by atoms with Crippen LogP contribution in [0.25, 0.3) is 17.1 Å². The molecule has 0 bridgehead atoms. The van der Waals surface area contributed by atoms with E-state index in [0.29, 0.717) is 17.1 Å². The number of nitrogens with zero attached hydrogens (tertiary/aromatic N) is 2. The van der Waals surface area contributed by atoms with E-state index in [0.717, 1.165) is 0 Å². The third-order valence-electron chi connectivity index (χ3n) is 2.54. The maximum Gasteiger partial charge on any atom is 0.352 e. The zero-order chi connectivity index (χ0) is 12.7. The first-order valence-electron chi connectivity index (χ1n) is 5.12. The first-order valence-corrected chi connectivity index (χ1v) is 5.50. The van der Waals surface area contributed by atoms with Gasteiger partial charge in [0, 0.05) is 6.20 Å². The number of rotatable bonds is 2. The highest BCUT2D eigenvalue weighted by Crippen LogP contribution is 2.24. The van der Waals surface area contributed by atoms with Crippen molar-refractivity contribution in [3.63, 3.8) is 0 Å². The van der Waals surface area contributed by atoms with Gasteiger partial charge in [-0.25, -0.2) is 9.78 Å². The van der Waals surface area contributed by atoms with E-state index >= 15 is 0 Å². The lowest BCUT2D eigenvalue weighted by atomic mass is 10.3. The van der Waals surface area contributed by atoms with Gasteiger partial charge >= 0.3 is 5.97 Å². The smallest absolute Gasteiger partial charge is 0.352 e. The molecule has 0 radical (unpaired) electrons. The number of imidazole rings is 1. The second kappa shape index (κ2) is 3.89. The van der Waals surface area contributed by atoms with Gasteiger partial charge < -0.3 is 9.52 Å². The minimum atomic E-state index is -1.01. The van der Waals surface area contributed by atoms with E-state index in [-0.39, 0.29) is 10.9 Å². The van der Waals surface area contributed by atoms with Crippen molar-refractivity contribution in [3.8, 4) is 11.5 Å². The number of hydrogen-bond donors (Lipinski definition) is 1. The number of carboxylic acids is 1. The highest BCUT2D eigenvalue weighted by molar-refractivity contribution is 6.28. The van der Waals surface area contributed by atoms with Crippen LogP contribution in [0.3, 0.4) is 0 Å². The highest BCUT2D eigenvalue weighted by atomic mass is 35.5. The number of halogens is 1. The Kier molecular flexibility index (Phi) is 2.34. The number of aromatic nitrogens is 2. The minimum absolute atomic E-state index is 0.143. The van der Waals surface area contributed by atoms with Crippen LogP contribution in [0.15, 0.2) is 40.9 Å². The zero-order valence-corrected chi connectivity index (χ0v) is 9.76. The van der Waals surface area contributed by atoms with Gasteiger partial charge in [0.25, 0.3) is 0 Å². The topological polar surface area (TPSA) is 67.7 Å².